The number of carbonyl (C=O) groups excluding carboxylic acids is 2. The van der Waals surface area contributed by atoms with E-state index in [1.165, 1.54) is 4.90 Å². The fourth-order valence-corrected chi connectivity index (χ4v) is 3.48. The Labute approximate surface area is 160 Å². The van der Waals surface area contributed by atoms with Crippen LogP contribution in [0.3, 0.4) is 0 Å². The summed E-state index contributed by atoms with van der Waals surface area (Å²) in [6.07, 6.45) is 0.731. The topological polar surface area (TPSA) is 49.4 Å². The Morgan fingerprint density at radius 3 is 2.33 bits per heavy atom. The van der Waals surface area contributed by atoms with E-state index in [2.05, 4.69) is 5.32 Å². The lowest BCUT2D eigenvalue weighted by Gasteiger charge is -2.15. The molecule has 0 aliphatic carbocycles. The van der Waals surface area contributed by atoms with E-state index in [0.29, 0.717) is 17.8 Å². The summed E-state index contributed by atoms with van der Waals surface area (Å²) < 4.78 is 0. The fraction of sp³-hybridized carbons (Fsp3) is 0.304. The third kappa shape index (κ3) is 3.39. The number of rotatable bonds is 5. The van der Waals surface area contributed by atoms with E-state index in [1.807, 2.05) is 71.0 Å². The molecule has 0 atom stereocenters. The SMILES string of the molecule is CCCN1C(=O)C(Nc2cccc(C)c2C)=C(c2ccc(C)cc2C)C1=O. The Hall–Kier alpha value is -2.88. The van der Waals surface area contributed by atoms with Crippen LogP contribution in [0.2, 0.25) is 0 Å². The van der Waals surface area contributed by atoms with Crippen molar-refractivity contribution in [3.05, 3.63) is 69.9 Å². The van der Waals surface area contributed by atoms with Crippen molar-refractivity contribution in [1.29, 1.82) is 0 Å². The highest BCUT2D eigenvalue weighted by atomic mass is 16.2. The molecule has 1 aliphatic rings. The van der Waals surface area contributed by atoms with Crippen molar-refractivity contribution >= 4 is 23.1 Å². The molecule has 0 spiro atoms. The lowest BCUT2D eigenvalue weighted by Crippen LogP contribution is -2.33. The van der Waals surface area contributed by atoms with Gasteiger partial charge in [-0.2, -0.15) is 0 Å². The average Bonchev–Trinajstić information content (AvgIpc) is 2.84. The molecule has 27 heavy (non-hydrogen) atoms. The Kier molecular flexibility index (Phi) is 5.17. The number of amides is 2. The second kappa shape index (κ2) is 7.39. The molecule has 0 fully saturated rings. The number of anilines is 1. The summed E-state index contributed by atoms with van der Waals surface area (Å²) in [6, 6.07) is 11.9. The summed E-state index contributed by atoms with van der Waals surface area (Å²) in [5.41, 5.74) is 6.82. The van der Waals surface area contributed by atoms with Crippen LogP contribution in [0.25, 0.3) is 5.57 Å². The molecule has 1 N–H and O–H groups in total. The molecule has 0 saturated heterocycles. The van der Waals surface area contributed by atoms with Crippen LogP contribution < -0.4 is 5.32 Å². The van der Waals surface area contributed by atoms with Crippen LogP contribution in [0.15, 0.2) is 42.1 Å². The van der Waals surface area contributed by atoms with Crippen molar-refractivity contribution in [2.24, 2.45) is 0 Å². The first-order chi connectivity index (χ1) is 12.8. The number of nitrogens with one attached hydrogen (secondary N) is 1. The zero-order chi connectivity index (χ0) is 19.7. The van der Waals surface area contributed by atoms with Gasteiger partial charge in [-0.25, -0.2) is 0 Å². The minimum atomic E-state index is -0.252. The number of benzene rings is 2. The van der Waals surface area contributed by atoms with E-state index in [-0.39, 0.29) is 11.8 Å². The van der Waals surface area contributed by atoms with Gasteiger partial charge in [0.05, 0.1) is 5.57 Å². The van der Waals surface area contributed by atoms with Gasteiger partial charge in [-0.15, -0.1) is 0 Å². The highest BCUT2D eigenvalue weighted by molar-refractivity contribution is 6.36. The first kappa shape index (κ1) is 18.9. The molecular formula is C23H26N2O2. The summed E-state index contributed by atoms with van der Waals surface area (Å²) in [5.74, 6) is -0.473. The van der Waals surface area contributed by atoms with E-state index in [9.17, 15) is 9.59 Å². The van der Waals surface area contributed by atoms with E-state index in [1.54, 1.807) is 0 Å². The Bertz CT molecular complexity index is 957. The zero-order valence-electron chi connectivity index (χ0n) is 16.6. The molecule has 4 heteroatoms. The van der Waals surface area contributed by atoms with Gasteiger partial charge in [0.1, 0.15) is 5.70 Å². The maximum atomic E-state index is 13.1. The van der Waals surface area contributed by atoms with Gasteiger partial charge >= 0.3 is 0 Å². The summed E-state index contributed by atoms with van der Waals surface area (Å²) in [6.45, 7) is 10.4. The van der Waals surface area contributed by atoms with Gasteiger partial charge in [0.15, 0.2) is 0 Å². The van der Waals surface area contributed by atoms with Gasteiger partial charge in [-0.3, -0.25) is 14.5 Å². The van der Waals surface area contributed by atoms with Gasteiger partial charge in [0.2, 0.25) is 0 Å². The predicted octanol–water partition coefficient (Wildman–Crippen LogP) is 4.52. The molecule has 140 valence electrons. The molecule has 3 rings (SSSR count). The monoisotopic (exact) mass is 362 g/mol. The number of imide groups is 1. The summed E-state index contributed by atoms with van der Waals surface area (Å²) in [5, 5.41) is 3.28. The molecule has 2 aromatic rings. The van der Waals surface area contributed by atoms with Gasteiger partial charge < -0.3 is 5.32 Å². The van der Waals surface area contributed by atoms with Crippen LogP contribution in [-0.4, -0.2) is 23.3 Å². The third-order valence-corrected chi connectivity index (χ3v) is 5.13. The molecular weight excluding hydrogens is 336 g/mol. The predicted molar refractivity (Wildman–Crippen MR) is 109 cm³/mol. The standard InChI is InChI=1S/C23H26N2O2/c1-6-12-25-22(26)20(18-11-10-14(2)13-16(18)4)21(23(25)27)24-19-9-7-8-15(3)17(19)5/h7-11,13,24H,6,12H2,1-5H3. The van der Waals surface area contributed by atoms with Crippen molar-refractivity contribution in [3.8, 4) is 0 Å². The lowest BCUT2D eigenvalue weighted by atomic mass is 9.97. The maximum absolute atomic E-state index is 13.1. The Balaban J connectivity index is 2.16. The lowest BCUT2D eigenvalue weighted by molar-refractivity contribution is -0.136. The second-order valence-corrected chi connectivity index (χ2v) is 7.20. The van der Waals surface area contributed by atoms with Crippen molar-refractivity contribution in [2.75, 3.05) is 11.9 Å². The van der Waals surface area contributed by atoms with Gasteiger partial charge in [-0.05, 0) is 62.4 Å². The Morgan fingerprint density at radius 2 is 1.67 bits per heavy atom. The number of carbonyl (C=O) groups is 2. The molecule has 1 heterocycles. The summed E-state index contributed by atoms with van der Waals surface area (Å²) in [4.78, 5) is 27.5. The number of nitrogens with zero attached hydrogens (tertiary/aromatic N) is 1. The molecule has 2 aromatic carbocycles. The van der Waals surface area contributed by atoms with Crippen LogP contribution >= 0.6 is 0 Å². The molecule has 0 saturated carbocycles. The highest BCUT2D eigenvalue weighted by Crippen LogP contribution is 2.33. The van der Waals surface area contributed by atoms with Gasteiger partial charge in [-0.1, -0.05) is 42.8 Å². The average molecular weight is 362 g/mol. The smallest absolute Gasteiger partial charge is 0.278 e. The molecule has 4 nitrogen and oxygen atoms in total. The molecule has 0 bridgehead atoms. The zero-order valence-corrected chi connectivity index (χ0v) is 16.6. The van der Waals surface area contributed by atoms with Crippen molar-refractivity contribution in [2.45, 2.75) is 41.0 Å². The quantitative estimate of drug-likeness (QED) is 0.796. The van der Waals surface area contributed by atoms with Crippen LogP contribution in [0.1, 0.15) is 41.2 Å². The minimum Gasteiger partial charge on any atom is -0.350 e. The largest absolute Gasteiger partial charge is 0.350 e. The van der Waals surface area contributed by atoms with E-state index in [4.69, 9.17) is 0 Å². The first-order valence-electron chi connectivity index (χ1n) is 9.36. The minimum absolute atomic E-state index is 0.221. The third-order valence-electron chi connectivity index (χ3n) is 5.13. The van der Waals surface area contributed by atoms with E-state index < -0.39 is 0 Å². The molecule has 0 aromatic heterocycles. The number of hydrogen-bond acceptors (Lipinski definition) is 3. The van der Waals surface area contributed by atoms with Crippen molar-refractivity contribution < 1.29 is 9.59 Å². The van der Waals surface area contributed by atoms with E-state index in [0.717, 1.165) is 39.9 Å². The van der Waals surface area contributed by atoms with Crippen molar-refractivity contribution in [1.82, 2.24) is 4.90 Å². The van der Waals surface area contributed by atoms with Crippen molar-refractivity contribution in [3.63, 3.8) is 0 Å². The molecule has 0 unspecified atom stereocenters. The number of aryl methyl sites for hydroxylation is 3. The number of hydrogen-bond donors (Lipinski definition) is 1. The molecule has 2 amide bonds. The van der Waals surface area contributed by atoms with Gasteiger partial charge in [0, 0.05) is 12.2 Å². The second-order valence-electron chi connectivity index (χ2n) is 7.20. The van der Waals surface area contributed by atoms with Crippen LogP contribution in [-0.2, 0) is 9.59 Å². The van der Waals surface area contributed by atoms with Crippen LogP contribution in [0.5, 0.6) is 0 Å². The fourth-order valence-electron chi connectivity index (χ4n) is 3.48. The summed E-state index contributed by atoms with van der Waals surface area (Å²) >= 11 is 0. The van der Waals surface area contributed by atoms with E-state index >= 15 is 0 Å². The van der Waals surface area contributed by atoms with Crippen LogP contribution in [0.4, 0.5) is 5.69 Å². The van der Waals surface area contributed by atoms with Crippen LogP contribution in [0, 0.1) is 27.7 Å². The normalized spacial score (nSPS) is 14.3. The molecule has 0 radical (unpaired) electrons. The molecule has 1 aliphatic heterocycles. The van der Waals surface area contributed by atoms with Gasteiger partial charge in [0.25, 0.3) is 11.8 Å². The summed E-state index contributed by atoms with van der Waals surface area (Å²) in [7, 11) is 0. The highest BCUT2D eigenvalue weighted by Gasteiger charge is 2.39. The maximum Gasteiger partial charge on any atom is 0.278 e. The first-order valence-corrected chi connectivity index (χ1v) is 9.36. The Morgan fingerprint density at radius 1 is 0.926 bits per heavy atom.